The quantitative estimate of drug-likeness (QED) is 0.0211. The summed E-state index contributed by atoms with van der Waals surface area (Å²) in [7, 11) is 5.98. The average molecular weight is 1410 g/mol. The lowest BCUT2D eigenvalue weighted by atomic mass is 10.0. The monoisotopic (exact) mass is 1410 g/mol. The first-order chi connectivity index (χ1) is 49.6. The number of aliphatic carboxylic acids is 1. The summed E-state index contributed by atoms with van der Waals surface area (Å²) in [5.41, 5.74) is 0. The first-order valence-electron chi connectivity index (χ1n) is 42.0. The minimum Gasteiger partial charge on any atom is -0.477 e. The van der Waals surface area contributed by atoms with Gasteiger partial charge in [-0.15, -0.1) is 0 Å². The molecule has 0 saturated carbocycles. The maximum Gasteiger partial charge on any atom is 0.361 e. The topological polar surface area (TPSA) is 108 Å². The lowest BCUT2D eigenvalue weighted by Crippen LogP contribution is -2.40. The molecule has 9 heteroatoms. The van der Waals surface area contributed by atoms with Crippen LogP contribution in [0.15, 0.2) is 146 Å². The molecular weight excluding hydrogens is 1250 g/mol. The fourth-order valence-corrected chi connectivity index (χ4v) is 11.8. The number of carboxylic acid groups (broad SMARTS) is 1. The van der Waals surface area contributed by atoms with Gasteiger partial charge in [0.15, 0.2) is 6.10 Å². The van der Waals surface area contributed by atoms with Gasteiger partial charge in [0, 0.05) is 12.8 Å². The summed E-state index contributed by atoms with van der Waals surface area (Å²) in [6, 6.07) is 0. The summed E-state index contributed by atoms with van der Waals surface area (Å²) < 4.78 is 23.1. The predicted molar refractivity (Wildman–Crippen MR) is 437 cm³/mol. The standard InChI is InChI=1S/C92H157NO8/c1-6-8-10-12-14-16-18-20-22-24-26-28-30-32-34-36-38-40-42-43-44-45-46-47-49-50-52-54-56-58-60-62-64-66-68-70-72-74-76-78-80-82-89(94)99-86-88(87-100-92(91(96)97)98-85-84-93(3,4)5)101-90(95)83-81-79-77-75-73-71-69-67-65-63-61-59-57-55-53-51-48-41-39-37-35-33-31-29-27-25-23-21-19-17-15-13-11-9-7-2/h8-11,14-17,20-23,26-29,33,35,39,41,51,53,57,59,88,92H,6-7,12-13,18-19,24-25,30-32,34,36-38,40,42-50,52,54-56,58,60-87H2,1-5H3/p+1/b10-8-,11-9-,16-14-,17-15-,22-20-,23-21-,28-26-,29-27-,35-33-,41-39-,53-51-,59-57-. The van der Waals surface area contributed by atoms with Crippen molar-refractivity contribution in [2.45, 2.75) is 373 Å². The van der Waals surface area contributed by atoms with Gasteiger partial charge in [-0.1, -0.05) is 378 Å². The highest BCUT2D eigenvalue weighted by Crippen LogP contribution is 2.19. The van der Waals surface area contributed by atoms with Crippen molar-refractivity contribution in [3.05, 3.63) is 146 Å². The zero-order valence-corrected chi connectivity index (χ0v) is 66.3. The molecule has 0 aliphatic heterocycles. The van der Waals surface area contributed by atoms with Crippen LogP contribution < -0.4 is 0 Å². The van der Waals surface area contributed by atoms with E-state index in [1.165, 1.54) is 205 Å². The van der Waals surface area contributed by atoms with Crippen molar-refractivity contribution >= 4 is 17.9 Å². The molecule has 0 fully saturated rings. The zero-order valence-electron chi connectivity index (χ0n) is 66.3. The van der Waals surface area contributed by atoms with Crippen LogP contribution in [0.25, 0.3) is 0 Å². The maximum absolute atomic E-state index is 13.0. The van der Waals surface area contributed by atoms with Gasteiger partial charge in [0.1, 0.15) is 13.2 Å². The number of carboxylic acids is 1. The van der Waals surface area contributed by atoms with Crippen LogP contribution in [0.4, 0.5) is 0 Å². The summed E-state index contributed by atoms with van der Waals surface area (Å²) in [5.74, 6) is -2.00. The molecule has 0 saturated heterocycles. The number of nitrogens with zero attached hydrogens (tertiary/aromatic N) is 1. The van der Waals surface area contributed by atoms with Crippen molar-refractivity contribution in [3.8, 4) is 0 Å². The van der Waals surface area contributed by atoms with Crippen LogP contribution in [0.2, 0.25) is 0 Å². The Morgan fingerprint density at radius 1 is 0.297 bits per heavy atom. The van der Waals surface area contributed by atoms with Crippen molar-refractivity contribution in [2.24, 2.45) is 0 Å². The lowest BCUT2D eigenvalue weighted by Gasteiger charge is -2.25. The van der Waals surface area contributed by atoms with Crippen molar-refractivity contribution in [2.75, 3.05) is 47.5 Å². The smallest absolute Gasteiger partial charge is 0.361 e. The van der Waals surface area contributed by atoms with Gasteiger partial charge in [0.05, 0.1) is 34.4 Å². The molecule has 0 heterocycles. The molecule has 2 atom stereocenters. The normalized spacial score (nSPS) is 13.4. The summed E-state index contributed by atoms with van der Waals surface area (Å²) in [5, 5.41) is 9.78. The molecule has 101 heavy (non-hydrogen) atoms. The molecular formula is C92H158NO8+. The second-order valence-corrected chi connectivity index (χ2v) is 29.0. The Labute approximate surface area is 623 Å². The number of carbonyl (C=O) groups excluding carboxylic acids is 2. The van der Waals surface area contributed by atoms with Crippen LogP contribution in [0.5, 0.6) is 0 Å². The average Bonchev–Trinajstić information content (AvgIpc) is 1.25. The van der Waals surface area contributed by atoms with Crippen LogP contribution in [0, 0.1) is 0 Å². The van der Waals surface area contributed by atoms with Gasteiger partial charge in [-0.25, -0.2) is 4.79 Å². The zero-order chi connectivity index (χ0) is 73.2. The Bertz CT molecular complexity index is 2180. The van der Waals surface area contributed by atoms with Gasteiger partial charge < -0.3 is 28.5 Å². The molecule has 0 rings (SSSR count). The van der Waals surface area contributed by atoms with E-state index in [1.807, 2.05) is 21.1 Å². The number of hydrogen-bond acceptors (Lipinski definition) is 7. The largest absolute Gasteiger partial charge is 0.477 e. The molecule has 1 N–H and O–H groups in total. The van der Waals surface area contributed by atoms with Gasteiger partial charge in [-0.3, -0.25) is 9.59 Å². The van der Waals surface area contributed by atoms with E-state index in [0.717, 1.165) is 122 Å². The summed E-state index contributed by atoms with van der Waals surface area (Å²) in [6.07, 6.45) is 116. The summed E-state index contributed by atoms with van der Waals surface area (Å²) in [6.45, 7) is 4.68. The minimum atomic E-state index is -1.52. The molecule has 0 aliphatic carbocycles. The minimum absolute atomic E-state index is 0.183. The van der Waals surface area contributed by atoms with Crippen molar-refractivity contribution in [3.63, 3.8) is 0 Å². The van der Waals surface area contributed by atoms with Gasteiger partial charge in [0.25, 0.3) is 6.29 Å². The fraction of sp³-hybridized carbons (Fsp3) is 0.707. The van der Waals surface area contributed by atoms with E-state index >= 15 is 0 Å². The third kappa shape index (κ3) is 82.3. The Morgan fingerprint density at radius 3 is 0.792 bits per heavy atom. The number of esters is 2. The Hall–Kier alpha value is -4.83. The molecule has 0 aromatic carbocycles. The first kappa shape index (κ1) is 96.2. The molecule has 0 aliphatic rings. The van der Waals surface area contributed by atoms with Crippen LogP contribution in [-0.2, 0) is 33.3 Å². The number of ether oxygens (including phenoxy) is 4. The molecule has 0 aromatic rings. The molecule has 0 amide bonds. The highest BCUT2D eigenvalue weighted by molar-refractivity contribution is 5.71. The number of likely N-dealkylation sites (N-methyl/N-ethyl adjacent to an activating group) is 1. The molecule has 9 nitrogen and oxygen atoms in total. The van der Waals surface area contributed by atoms with E-state index in [0.29, 0.717) is 23.9 Å². The second-order valence-electron chi connectivity index (χ2n) is 29.0. The predicted octanol–water partition coefficient (Wildman–Crippen LogP) is 27.4. The highest BCUT2D eigenvalue weighted by atomic mass is 16.7. The molecule has 0 bridgehead atoms. The third-order valence-electron chi connectivity index (χ3n) is 18.1. The van der Waals surface area contributed by atoms with E-state index in [1.54, 1.807) is 0 Å². The number of hydrogen-bond donors (Lipinski definition) is 1. The van der Waals surface area contributed by atoms with Crippen LogP contribution >= 0.6 is 0 Å². The van der Waals surface area contributed by atoms with Gasteiger partial charge in [-0.05, 0) is 116 Å². The van der Waals surface area contributed by atoms with E-state index in [4.69, 9.17) is 18.9 Å². The van der Waals surface area contributed by atoms with Crippen LogP contribution in [0.1, 0.15) is 361 Å². The van der Waals surface area contributed by atoms with E-state index in [9.17, 15) is 19.5 Å². The molecule has 0 aromatic heterocycles. The molecule has 2 unspecified atom stereocenters. The van der Waals surface area contributed by atoms with E-state index in [-0.39, 0.29) is 32.2 Å². The summed E-state index contributed by atoms with van der Waals surface area (Å²) in [4.78, 5) is 37.8. The molecule has 0 radical (unpaired) electrons. The lowest BCUT2D eigenvalue weighted by molar-refractivity contribution is -0.870. The van der Waals surface area contributed by atoms with Crippen LogP contribution in [0.3, 0.4) is 0 Å². The van der Waals surface area contributed by atoms with Crippen molar-refractivity contribution in [1.29, 1.82) is 0 Å². The van der Waals surface area contributed by atoms with Crippen LogP contribution in [-0.4, -0.2) is 87.4 Å². The van der Waals surface area contributed by atoms with Gasteiger partial charge in [-0.2, -0.15) is 0 Å². The van der Waals surface area contributed by atoms with Crippen molar-refractivity contribution < 1.29 is 42.9 Å². The second kappa shape index (κ2) is 80.8. The third-order valence-corrected chi connectivity index (χ3v) is 18.1. The van der Waals surface area contributed by atoms with E-state index < -0.39 is 24.3 Å². The first-order valence-corrected chi connectivity index (χ1v) is 42.0. The van der Waals surface area contributed by atoms with Gasteiger partial charge >= 0.3 is 17.9 Å². The van der Waals surface area contributed by atoms with Crippen molar-refractivity contribution in [1.82, 2.24) is 0 Å². The summed E-state index contributed by atoms with van der Waals surface area (Å²) >= 11 is 0. The maximum atomic E-state index is 13.0. The Morgan fingerprint density at radius 2 is 0.535 bits per heavy atom. The number of rotatable bonds is 77. The number of unbranched alkanes of at least 4 members (excludes halogenated alkanes) is 38. The fourth-order valence-electron chi connectivity index (χ4n) is 11.8. The Balaban J connectivity index is 4.00. The van der Waals surface area contributed by atoms with Gasteiger partial charge in [0.2, 0.25) is 0 Å². The highest BCUT2D eigenvalue weighted by Gasteiger charge is 2.25. The molecule has 578 valence electrons. The number of allylic oxidation sites excluding steroid dienone is 24. The van der Waals surface area contributed by atoms with E-state index in [2.05, 4.69) is 160 Å². The SMILES string of the molecule is CC/C=C\C/C=C\C/C=C\C/C=C\C/C=C\C/C=C\C/C=C\C/C=C\CCCCCCCCCCCCC(=O)OC(COC(=O)CCCCCCCCCCCCCCCCCCCCCCCCCCCCCC/C=C\C/C=C\C/C=C\C/C=C\CC)COC(OCC[N+](C)(C)C)C(=O)O. The Kier molecular flexibility index (Phi) is 77.0. The molecule has 0 spiro atoms. The number of quaternary nitrogens is 1. The number of carbonyl (C=O) groups is 3.